The lowest BCUT2D eigenvalue weighted by Gasteiger charge is -2.39. The Balaban J connectivity index is 1.76. The Morgan fingerprint density at radius 2 is 1.71 bits per heavy atom. The first-order valence-corrected chi connectivity index (χ1v) is 8.44. The van der Waals surface area contributed by atoms with Crippen molar-refractivity contribution in [2.45, 2.75) is 52.9 Å². The lowest BCUT2D eigenvalue weighted by atomic mass is 9.75. The van der Waals surface area contributed by atoms with Crippen molar-refractivity contribution in [1.82, 2.24) is 4.90 Å². The SMILES string of the molecule is CC(CCN1CCC(C(C)(C)C)CC1)c1ccc(N)cc1. The Bertz CT molecular complexity index is 422. The normalized spacial score (nSPS) is 19.6. The molecule has 2 rings (SSSR count). The number of hydrogen-bond donors (Lipinski definition) is 1. The van der Waals surface area contributed by atoms with E-state index in [1.165, 1.54) is 44.5 Å². The van der Waals surface area contributed by atoms with E-state index in [1.807, 2.05) is 12.1 Å². The van der Waals surface area contributed by atoms with Gasteiger partial charge in [0.25, 0.3) is 0 Å². The second-order valence-electron chi connectivity index (χ2n) is 7.84. The second kappa shape index (κ2) is 6.83. The minimum absolute atomic E-state index is 0.476. The minimum atomic E-state index is 0.476. The van der Waals surface area contributed by atoms with Crippen molar-refractivity contribution in [3.05, 3.63) is 29.8 Å². The fourth-order valence-corrected chi connectivity index (χ4v) is 3.39. The highest BCUT2D eigenvalue weighted by atomic mass is 15.1. The van der Waals surface area contributed by atoms with Gasteiger partial charge in [-0.2, -0.15) is 0 Å². The Morgan fingerprint density at radius 3 is 2.24 bits per heavy atom. The Morgan fingerprint density at radius 1 is 1.14 bits per heavy atom. The molecule has 1 heterocycles. The van der Waals surface area contributed by atoms with Gasteiger partial charge in [-0.3, -0.25) is 0 Å². The first kappa shape index (κ1) is 16.4. The second-order valence-corrected chi connectivity index (χ2v) is 7.84. The van der Waals surface area contributed by atoms with Crippen LogP contribution in [-0.4, -0.2) is 24.5 Å². The first-order valence-electron chi connectivity index (χ1n) is 8.44. The molecule has 2 nitrogen and oxygen atoms in total. The van der Waals surface area contributed by atoms with Gasteiger partial charge in [0.15, 0.2) is 0 Å². The molecule has 2 heteroatoms. The zero-order chi connectivity index (χ0) is 15.5. The molecule has 1 aromatic carbocycles. The summed E-state index contributed by atoms with van der Waals surface area (Å²) in [4.78, 5) is 2.65. The molecule has 1 saturated heterocycles. The molecule has 0 spiro atoms. The molecule has 1 fully saturated rings. The highest BCUT2D eigenvalue weighted by molar-refractivity contribution is 5.40. The Labute approximate surface area is 130 Å². The summed E-state index contributed by atoms with van der Waals surface area (Å²) in [6.45, 7) is 13.3. The molecule has 1 aliphatic rings. The van der Waals surface area contributed by atoms with E-state index in [2.05, 4.69) is 44.7 Å². The van der Waals surface area contributed by atoms with Crippen molar-refractivity contribution in [1.29, 1.82) is 0 Å². The fraction of sp³-hybridized carbons (Fsp3) is 0.684. The van der Waals surface area contributed by atoms with Crippen LogP contribution in [0.1, 0.15) is 58.4 Å². The van der Waals surface area contributed by atoms with Crippen molar-refractivity contribution < 1.29 is 0 Å². The van der Waals surface area contributed by atoms with Gasteiger partial charge in [0.1, 0.15) is 0 Å². The van der Waals surface area contributed by atoms with Crippen molar-refractivity contribution in [2.24, 2.45) is 11.3 Å². The van der Waals surface area contributed by atoms with Gasteiger partial charge in [0, 0.05) is 5.69 Å². The summed E-state index contributed by atoms with van der Waals surface area (Å²) in [6.07, 6.45) is 3.96. The lowest BCUT2D eigenvalue weighted by Crippen LogP contribution is -2.38. The Kier molecular flexibility index (Phi) is 5.32. The van der Waals surface area contributed by atoms with Crippen LogP contribution in [0.2, 0.25) is 0 Å². The number of piperidine rings is 1. The van der Waals surface area contributed by atoms with Crippen LogP contribution >= 0.6 is 0 Å². The van der Waals surface area contributed by atoms with E-state index < -0.39 is 0 Å². The molecule has 21 heavy (non-hydrogen) atoms. The summed E-state index contributed by atoms with van der Waals surface area (Å²) in [5.41, 5.74) is 8.50. The van der Waals surface area contributed by atoms with Gasteiger partial charge >= 0.3 is 0 Å². The minimum Gasteiger partial charge on any atom is -0.399 e. The van der Waals surface area contributed by atoms with Gasteiger partial charge < -0.3 is 10.6 Å². The highest BCUT2D eigenvalue weighted by Gasteiger charge is 2.28. The predicted molar refractivity (Wildman–Crippen MR) is 92.5 cm³/mol. The van der Waals surface area contributed by atoms with E-state index in [1.54, 1.807) is 0 Å². The van der Waals surface area contributed by atoms with Crippen molar-refractivity contribution in [3.63, 3.8) is 0 Å². The zero-order valence-electron chi connectivity index (χ0n) is 14.2. The van der Waals surface area contributed by atoms with E-state index in [9.17, 15) is 0 Å². The van der Waals surface area contributed by atoms with Gasteiger partial charge in [-0.15, -0.1) is 0 Å². The van der Waals surface area contributed by atoms with Crippen LogP contribution < -0.4 is 5.73 Å². The molecular formula is C19H32N2. The fourth-order valence-electron chi connectivity index (χ4n) is 3.39. The number of anilines is 1. The average molecular weight is 288 g/mol. The molecule has 1 atom stereocenters. The first-order chi connectivity index (χ1) is 9.86. The van der Waals surface area contributed by atoms with Gasteiger partial charge in [-0.25, -0.2) is 0 Å². The van der Waals surface area contributed by atoms with E-state index in [-0.39, 0.29) is 0 Å². The molecule has 0 aromatic heterocycles. The predicted octanol–water partition coefficient (Wildman–Crippen LogP) is 4.52. The van der Waals surface area contributed by atoms with Crippen LogP contribution in [0, 0.1) is 11.3 Å². The topological polar surface area (TPSA) is 29.3 Å². The van der Waals surface area contributed by atoms with Crippen molar-refractivity contribution >= 4 is 5.69 Å². The maximum absolute atomic E-state index is 5.76. The van der Waals surface area contributed by atoms with Gasteiger partial charge in [-0.1, -0.05) is 39.8 Å². The summed E-state index contributed by atoms with van der Waals surface area (Å²) in [5, 5.41) is 0. The van der Waals surface area contributed by atoms with E-state index in [4.69, 9.17) is 5.73 Å². The smallest absolute Gasteiger partial charge is 0.0314 e. The third-order valence-corrected chi connectivity index (χ3v) is 5.20. The number of nitrogens with zero attached hydrogens (tertiary/aromatic N) is 1. The number of benzene rings is 1. The average Bonchev–Trinajstić information content (AvgIpc) is 2.45. The number of nitrogen functional groups attached to an aromatic ring is 1. The van der Waals surface area contributed by atoms with Crippen LogP contribution in [-0.2, 0) is 0 Å². The molecule has 1 unspecified atom stereocenters. The number of likely N-dealkylation sites (tertiary alicyclic amines) is 1. The molecule has 0 aliphatic carbocycles. The quantitative estimate of drug-likeness (QED) is 0.825. The molecule has 0 radical (unpaired) electrons. The summed E-state index contributed by atoms with van der Waals surface area (Å²) in [6, 6.07) is 8.37. The van der Waals surface area contributed by atoms with Crippen LogP contribution in [0.4, 0.5) is 5.69 Å². The molecule has 0 amide bonds. The zero-order valence-corrected chi connectivity index (χ0v) is 14.2. The molecule has 0 bridgehead atoms. The number of rotatable bonds is 4. The van der Waals surface area contributed by atoms with Gasteiger partial charge in [0.2, 0.25) is 0 Å². The van der Waals surface area contributed by atoms with Crippen LogP contribution in [0.15, 0.2) is 24.3 Å². The largest absolute Gasteiger partial charge is 0.399 e. The summed E-state index contributed by atoms with van der Waals surface area (Å²) < 4.78 is 0. The third-order valence-electron chi connectivity index (χ3n) is 5.20. The molecule has 118 valence electrons. The molecular weight excluding hydrogens is 256 g/mol. The Hall–Kier alpha value is -1.02. The number of hydrogen-bond acceptors (Lipinski definition) is 2. The van der Waals surface area contributed by atoms with Crippen LogP contribution in [0.25, 0.3) is 0 Å². The summed E-state index contributed by atoms with van der Waals surface area (Å²) >= 11 is 0. The third kappa shape index (κ3) is 4.74. The maximum Gasteiger partial charge on any atom is 0.0314 e. The van der Waals surface area contributed by atoms with Crippen molar-refractivity contribution in [2.75, 3.05) is 25.4 Å². The van der Waals surface area contributed by atoms with Crippen LogP contribution in [0.3, 0.4) is 0 Å². The van der Waals surface area contributed by atoms with Gasteiger partial charge in [-0.05, 0) is 73.8 Å². The van der Waals surface area contributed by atoms with E-state index in [0.29, 0.717) is 11.3 Å². The highest BCUT2D eigenvalue weighted by Crippen LogP contribution is 2.34. The van der Waals surface area contributed by atoms with E-state index >= 15 is 0 Å². The monoisotopic (exact) mass is 288 g/mol. The molecule has 1 aliphatic heterocycles. The van der Waals surface area contributed by atoms with E-state index in [0.717, 1.165) is 11.6 Å². The standard InChI is InChI=1S/C19H32N2/c1-15(16-5-7-18(20)8-6-16)9-12-21-13-10-17(11-14-21)19(2,3)4/h5-8,15,17H,9-14,20H2,1-4H3. The van der Waals surface area contributed by atoms with Crippen LogP contribution in [0.5, 0.6) is 0 Å². The number of nitrogens with two attached hydrogens (primary N) is 1. The lowest BCUT2D eigenvalue weighted by molar-refractivity contribution is 0.110. The molecule has 0 saturated carbocycles. The molecule has 2 N–H and O–H groups in total. The van der Waals surface area contributed by atoms with Gasteiger partial charge in [0.05, 0.1) is 0 Å². The molecule has 1 aromatic rings. The summed E-state index contributed by atoms with van der Waals surface area (Å²) in [5.74, 6) is 1.51. The maximum atomic E-state index is 5.76. The van der Waals surface area contributed by atoms with Crippen molar-refractivity contribution in [3.8, 4) is 0 Å². The summed E-state index contributed by atoms with van der Waals surface area (Å²) in [7, 11) is 0.